The van der Waals surface area contributed by atoms with Crippen LogP contribution in [0.3, 0.4) is 0 Å². The van der Waals surface area contributed by atoms with Gasteiger partial charge in [0, 0.05) is 26.2 Å². The van der Waals surface area contributed by atoms with E-state index in [9.17, 15) is 9.59 Å². The Labute approximate surface area is 157 Å². The zero-order valence-corrected chi connectivity index (χ0v) is 16.8. The summed E-state index contributed by atoms with van der Waals surface area (Å²) in [6.45, 7) is 11.2. The predicted molar refractivity (Wildman–Crippen MR) is 100 cm³/mol. The number of hydrogen-bond donors (Lipinski definition) is 1. The summed E-state index contributed by atoms with van der Waals surface area (Å²) in [6, 6.07) is 0. The highest BCUT2D eigenvalue weighted by atomic mass is 16.6. The number of likely N-dealkylation sites (tertiary alicyclic amines) is 2. The predicted octanol–water partition coefficient (Wildman–Crippen LogP) is 2.70. The highest BCUT2D eigenvalue weighted by Crippen LogP contribution is 2.23. The van der Waals surface area contributed by atoms with E-state index in [2.05, 4.69) is 10.2 Å². The molecule has 0 aliphatic carbocycles. The van der Waals surface area contributed by atoms with Crippen molar-refractivity contribution in [3.63, 3.8) is 0 Å². The van der Waals surface area contributed by atoms with Gasteiger partial charge in [-0.05, 0) is 71.4 Å². The number of nitrogens with one attached hydrogen (secondary N) is 1. The molecule has 0 aromatic rings. The van der Waals surface area contributed by atoms with E-state index >= 15 is 0 Å². The highest BCUT2D eigenvalue weighted by Gasteiger charge is 2.27. The van der Waals surface area contributed by atoms with Crippen LogP contribution in [-0.2, 0) is 9.47 Å². The van der Waals surface area contributed by atoms with E-state index in [-0.39, 0.29) is 12.2 Å². The monoisotopic (exact) mass is 369 g/mol. The first kappa shape index (κ1) is 20.8. The first-order valence-corrected chi connectivity index (χ1v) is 9.79. The molecule has 7 heteroatoms. The molecular formula is C19H35N3O4. The van der Waals surface area contributed by atoms with Gasteiger partial charge in [-0.1, -0.05) is 0 Å². The standard InChI is InChI=1S/C19H35N3O4/c1-19(2,3)26-17(23)20-13-15-5-9-21(10-6-15)14-16-7-11-22(12-8-16)18(24)25-4/h15-16H,5-14H2,1-4H3,(H,20,23). The Morgan fingerprint density at radius 1 is 1.00 bits per heavy atom. The molecule has 7 nitrogen and oxygen atoms in total. The van der Waals surface area contributed by atoms with Crippen molar-refractivity contribution in [1.29, 1.82) is 0 Å². The fourth-order valence-electron chi connectivity index (χ4n) is 3.71. The van der Waals surface area contributed by atoms with Gasteiger partial charge in [-0.25, -0.2) is 9.59 Å². The first-order chi connectivity index (χ1) is 12.3. The van der Waals surface area contributed by atoms with Crippen LogP contribution < -0.4 is 5.32 Å². The van der Waals surface area contributed by atoms with Crippen LogP contribution in [0, 0.1) is 11.8 Å². The van der Waals surface area contributed by atoms with Crippen LogP contribution in [0.5, 0.6) is 0 Å². The third-order valence-electron chi connectivity index (χ3n) is 5.20. The number of carbonyl (C=O) groups is 2. The molecule has 2 rings (SSSR count). The Hall–Kier alpha value is -1.50. The Morgan fingerprint density at radius 3 is 2.12 bits per heavy atom. The third-order valence-corrected chi connectivity index (χ3v) is 5.20. The number of ether oxygens (including phenoxy) is 2. The van der Waals surface area contributed by atoms with Gasteiger partial charge in [0.1, 0.15) is 5.60 Å². The van der Waals surface area contributed by atoms with Gasteiger partial charge in [-0.3, -0.25) is 0 Å². The molecule has 0 saturated carbocycles. The molecule has 0 unspecified atom stereocenters. The summed E-state index contributed by atoms with van der Waals surface area (Å²) in [7, 11) is 1.44. The average molecular weight is 370 g/mol. The van der Waals surface area contributed by atoms with Crippen molar-refractivity contribution in [3.05, 3.63) is 0 Å². The van der Waals surface area contributed by atoms with Crippen LogP contribution in [0.15, 0.2) is 0 Å². The zero-order chi connectivity index (χ0) is 19.2. The van der Waals surface area contributed by atoms with Crippen molar-refractivity contribution in [2.45, 2.75) is 52.1 Å². The molecule has 2 fully saturated rings. The Kier molecular flexibility index (Phi) is 7.55. The molecule has 0 aromatic heterocycles. The summed E-state index contributed by atoms with van der Waals surface area (Å²) in [5.74, 6) is 1.19. The molecule has 2 aliphatic rings. The average Bonchev–Trinajstić information content (AvgIpc) is 2.59. The molecule has 2 amide bonds. The lowest BCUT2D eigenvalue weighted by molar-refractivity contribution is 0.0507. The lowest BCUT2D eigenvalue weighted by Gasteiger charge is -2.37. The summed E-state index contributed by atoms with van der Waals surface area (Å²) in [5, 5.41) is 2.90. The van der Waals surface area contributed by atoms with E-state index in [1.165, 1.54) is 7.11 Å². The van der Waals surface area contributed by atoms with E-state index in [0.29, 0.717) is 18.4 Å². The van der Waals surface area contributed by atoms with Gasteiger partial charge >= 0.3 is 12.2 Å². The lowest BCUT2D eigenvalue weighted by atomic mass is 9.93. The Balaban J connectivity index is 1.60. The largest absolute Gasteiger partial charge is 0.453 e. The van der Waals surface area contributed by atoms with Gasteiger partial charge in [-0.15, -0.1) is 0 Å². The van der Waals surface area contributed by atoms with Crippen molar-refractivity contribution in [2.75, 3.05) is 46.4 Å². The van der Waals surface area contributed by atoms with E-state index in [4.69, 9.17) is 9.47 Å². The van der Waals surface area contributed by atoms with Crippen LogP contribution in [0.1, 0.15) is 46.5 Å². The number of rotatable bonds is 4. The fraction of sp³-hybridized carbons (Fsp3) is 0.895. The summed E-state index contributed by atoms with van der Waals surface area (Å²) in [5.41, 5.74) is -0.448. The van der Waals surface area contributed by atoms with Crippen molar-refractivity contribution < 1.29 is 19.1 Å². The number of piperidine rings is 2. The number of amides is 2. The maximum Gasteiger partial charge on any atom is 0.409 e. The molecule has 0 radical (unpaired) electrons. The van der Waals surface area contributed by atoms with Crippen molar-refractivity contribution in [3.8, 4) is 0 Å². The van der Waals surface area contributed by atoms with Crippen LogP contribution in [-0.4, -0.2) is 74.0 Å². The molecule has 0 bridgehead atoms. The summed E-state index contributed by atoms with van der Waals surface area (Å²) >= 11 is 0. The Bertz CT molecular complexity index is 462. The van der Waals surface area contributed by atoms with E-state index in [0.717, 1.165) is 58.4 Å². The molecule has 0 atom stereocenters. The highest BCUT2D eigenvalue weighted by molar-refractivity contribution is 5.67. The molecule has 2 saturated heterocycles. The number of alkyl carbamates (subject to hydrolysis) is 1. The molecule has 0 spiro atoms. The maximum atomic E-state index is 11.7. The molecule has 2 aliphatic heterocycles. The molecule has 1 N–H and O–H groups in total. The van der Waals surface area contributed by atoms with E-state index in [1.54, 1.807) is 4.90 Å². The van der Waals surface area contributed by atoms with E-state index < -0.39 is 5.60 Å². The first-order valence-electron chi connectivity index (χ1n) is 9.79. The van der Waals surface area contributed by atoms with Crippen molar-refractivity contribution in [2.24, 2.45) is 11.8 Å². The second kappa shape index (κ2) is 9.44. The van der Waals surface area contributed by atoms with Gasteiger partial charge in [0.15, 0.2) is 0 Å². The second-order valence-electron chi connectivity index (χ2n) is 8.53. The SMILES string of the molecule is COC(=O)N1CCC(CN2CCC(CNC(=O)OC(C)(C)C)CC2)CC1. The van der Waals surface area contributed by atoms with Gasteiger partial charge in [0.25, 0.3) is 0 Å². The maximum absolute atomic E-state index is 11.7. The molecular weight excluding hydrogens is 334 g/mol. The number of methoxy groups -OCH3 is 1. The van der Waals surface area contributed by atoms with Crippen LogP contribution >= 0.6 is 0 Å². The van der Waals surface area contributed by atoms with Crippen LogP contribution in [0.4, 0.5) is 9.59 Å². The van der Waals surface area contributed by atoms with Crippen LogP contribution in [0.2, 0.25) is 0 Å². The molecule has 2 heterocycles. The normalized spacial score (nSPS) is 20.7. The minimum absolute atomic E-state index is 0.207. The second-order valence-corrected chi connectivity index (χ2v) is 8.53. The number of hydrogen-bond acceptors (Lipinski definition) is 5. The van der Waals surface area contributed by atoms with Gasteiger partial charge in [-0.2, -0.15) is 0 Å². The zero-order valence-electron chi connectivity index (χ0n) is 16.8. The quantitative estimate of drug-likeness (QED) is 0.825. The van der Waals surface area contributed by atoms with Gasteiger partial charge in [0.2, 0.25) is 0 Å². The topological polar surface area (TPSA) is 71.1 Å². The van der Waals surface area contributed by atoms with Crippen LogP contribution in [0.25, 0.3) is 0 Å². The third kappa shape index (κ3) is 7.02. The minimum Gasteiger partial charge on any atom is -0.453 e. The summed E-state index contributed by atoms with van der Waals surface area (Å²) < 4.78 is 10.1. The molecule has 0 aromatic carbocycles. The smallest absolute Gasteiger partial charge is 0.409 e. The minimum atomic E-state index is -0.448. The summed E-state index contributed by atoms with van der Waals surface area (Å²) in [4.78, 5) is 27.6. The number of carbonyl (C=O) groups excluding carboxylic acids is 2. The van der Waals surface area contributed by atoms with Crippen molar-refractivity contribution in [1.82, 2.24) is 15.1 Å². The van der Waals surface area contributed by atoms with Gasteiger partial charge < -0.3 is 24.6 Å². The number of nitrogens with zero attached hydrogens (tertiary/aromatic N) is 2. The fourth-order valence-corrected chi connectivity index (χ4v) is 3.71. The van der Waals surface area contributed by atoms with Crippen molar-refractivity contribution >= 4 is 12.2 Å². The van der Waals surface area contributed by atoms with Gasteiger partial charge in [0.05, 0.1) is 7.11 Å². The van der Waals surface area contributed by atoms with E-state index in [1.807, 2.05) is 20.8 Å². The lowest BCUT2D eigenvalue weighted by Crippen LogP contribution is -2.44. The molecule has 26 heavy (non-hydrogen) atoms. The summed E-state index contributed by atoms with van der Waals surface area (Å²) in [6.07, 6.45) is 3.79. The molecule has 150 valence electrons. The Morgan fingerprint density at radius 2 is 1.58 bits per heavy atom.